The number of phenols is 1. The van der Waals surface area contributed by atoms with Gasteiger partial charge in [-0.1, -0.05) is 42.5 Å². The maximum atomic E-state index is 13.8. The van der Waals surface area contributed by atoms with Gasteiger partial charge in [-0.15, -0.1) is 0 Å². The van der Waals surface area contributed by atoms with Gasteiger partial charge in [0.05, 0.1) is 25.3 Å². The van der Waals surface area contributed by atoms with Gasteiger partial charge in [-0.3, -0.25) is 38.4 Å². The molecule has 346 valence electrons. The Morgan fingerprint density at radius 2 is 1.22 bits per heavy atom. The summed E-state index contributed by atoms with van der Waals surface area (Å²) in [6.07, 6.45) is -0.973. The number of aromatic hydroxyl groups is 1. The first-order valence-electron chi connectivity index (χ1n) is 19.6. The maximum Gasteiger partial charge on any atom is 0.326 e. The lowest BCUT2D eigenvalue weighted by atomic mass is 10.0. The van der Waals surface area contributed by atoms with Gasteiger partial charge >= 0.3 is 11.9 Å². The number of phenolic OH excluding ortho intramolecular Hbond substituents is 1. The molecule has 0 heterocycles. The lowest BCUT2D eigenvalue weighted by Gasteiger charge is -2.27. The van der Waals surface area contributed by atoms with Crippen LogP contribution in [0.3, 0.4) is 0 Å². The number of hydrogen-bond acceptors (Lipinski definition) is 14. The van der Waals surface area contributed by atoms with Crippen LogP contribution < -0.4 is 43.0 Å². The molecule has 0 saturated heterocycles. The molecule has 0 radical (unpaired) electrons. The zero-order valence-electron chi connectivity index (χ0n) is 34.9. The fourth-order valence-electron chi connectivity index (χ4n) is 5.68. The minimum Gasteiger partial charge on any atom is -0.508 e. The molecule has 0 saturated carbocycles. The summed E-state index contributed by atoms with van der Waals surface area (Å²) in [6, 6.07) is 4.50. The van der Waals surface area contributed by atoms with Gasteiger partial charge in [0.1, 0.15) is 42.0 Å². The van der Waals surface area contributed by atoms with Crippen LogP contribution in [0.2, 0.25) is 0 Å². The SMILES string of the molecule is CSCC[C@H](NC(=O)[C@H](Cc1ccccc1)NC(=O)CNC(=O)[C@@H](C)NC(=O)[C@@H](N)Cc1ccc(O)cc1)C(=O)N[C@H](C(=O)N[C@@H](CO)C(=O)N[C@@H](CCC(=O)O)C(=O)O)C(C)O. The molecule has 22 nitrogen and oxygen atoms in total. The van der Waals surface area contributed by atoms with E-state index in [-0.39, 0.29) is 25.0 Å². The number of thioether (sulfide) groups is 1. The third-order valence-electron chi connectivity index (χ3n) is 9.22. The predicted molar refractivity (Wildman–Crippen MR) is 226 cm³/mol. The quantitative estimate of drug-likeness (QED) is 0.0416. The number of aliphatic hydroxyl groups excluding tert-OH is 2. The van der Waals surface area contributed by atoms with Gasteiger partial charge in [-0.2, -0.15) is 11.8 Å². The summed E-state index contributed by atoms with van der Waals surface area (Å²) < 4.78 is 0. The highest BCUT2D eigenvalue weighted by Gasteiger charge is 2.34. The number of aliphatic hydroxyl groups is 2. The molecule has 1 unspecified atom stereocenters. The van der Waals surface area contributed by atoms with E-state index in [0.717, 1.165) is 6.92 Å². The number of rotatable bonds is 27. The fourth-order valence-corrected chi connectivity index (χ4v) is 6.15. The molecule has 0 aliphatic heterocycles. The lowest BCUT2D eigenvalue weighted by Crippen LogP contribution is -2.62. The molecule has 2 rings (SSSR count). The average Bonchev–Trinajstić information content (AvgIpc) is 3.23. The second kappa shape index (κ2) is 26.9. The molecule has 0 aliphatic carbocycles. The Kier molecular flexibility index (Phi) is 22.6. The number of carboxylic acids is 2. The van der Waals surface area contributed by atoms with Crippen molar-refractivity contribution in [3.63, 3.8) is 0 Å². The van der Waals surface area contributed by atoms with Crippen LogP contribution in [-0.2, 0) is 56.0 Å². The third kappa shape index (κ3) is 19.1. The van der Waals surface area contributed by atoms with Crippen molar-refractivity contribution in [3.05, 3.63) is 65.7 Å². The highest BCUT2D eigenvalue weighted by molar-refractivity contribution is 7.98. The molecule has 8 atom stereocenters. The summed E-state index contributed by atoms with van der Waals surface area (Å²) in [5, 5.41) is 64.4. The summed E-state index contributed by atoms with van der Waals surface area (Å²) in [5.41, 5.74) is 7.27. The largest absolute Gasteiger partial charge is 0.508 e. The molecule has 0 aliphatic rings. The first kappa shape index (κ1) is 52.8. The van der Waals surface area contributed by atoms with Crippen LogP contribution in [0.5, 0.6) is 5.75 Å². The molecule has 63 heavy (non-hydrogen) atoms. The van der Waals surface area contributed by atoms with Crippen molar-refractivity contribution in [1.29, 1.82) is 0 Å². The minimum atomic E-state index is -1.79. The first-order valence-corrected chi connectivity index (χ1v) is 21.0. The number of nitrogens with two attached hydrogens (primary N) is 1. The number of carbonyl (C=O) groups is 9. The van der Waals surface area contributed by atoms with E-state index in [1.54, 1.807) is 48.7 Å². The molecule has 23 heteroatoms. The van der Waals surface area contributed by atoms with Gasteiger partial charge in [0, 0.05) is 12.8 Å². The first-order chi connectivity index (χ1) is 29.7. The standard InChI is InChI=1S/C40H56N8O14S/c1-21(43-35(56)26(41)17-24-9-11-25(51)12-10-24)34(55)42-19-31(52)44-29(18-23-7-5-4-6-8-23)37(58)45-27(15-16-63-3)36(57)48-33(22(2)50)39(60)47-30(20-49)38(59)46-28(40(61)62)13-14-32(53)54/h4-12,21-22,26-30,33,49-51H,13-20,41H2,1-3H3,(H,42,55)(H,43,56)(H,44,52)(H,45,58)(H,46,59)(H,47,60)(H,48,57)(H,53,54)(H,61,62)/t21-,22?,26+,27+,28+,29+,30+,33+/m1/s1. The van der Waals surface area contributed by atoms with Crippen molar-refractivity contribution in [3.8, 4) is 5.75 Å². The second-order valence-electron chi connectivity index (χ2n) is 14.4. The molecule has 0 aromatic heterocycles. The lowest BCUT2D eigenvalue weighted by molar-refractivity contribution is -0.144. The molecule has 0 bridgehead atoms. The highest BCUT2D eigenvalue weighted by Crippen LogP contribution is 2.11. The molecule has 0 spiro atoms. The van der Waals surface area contributed by atoms with Crippen LogP contribution >= 0.6 is 11.8 Å². The molecule has 14 N–H and O–H groups in total. The number of aliphatic carboxylic acids is 2. The summed E-state index contributed by atoms with van der Waals surface area (Å²) in [7, 11) is 0. The third-order valence-corrected chi connectivity index (χ3v) is 9.87. The minimum absolute atomic E-state index is 0.00819. The Morgan fingerprint density at radius 3 is 1.79 bits per heavy atom. The summed E-state index contributed by atoms with van der Waals surface area (Å²) in [4.78, 5) is 115. The number of carboxylic acid groups (broad SMARTS) is 2. The summed E-state index contributed by atoms with van der Waals surface area (Å²) in [6.45, 7) is 0.835. The average molecular weight is 905 g/mol. The van der Waals surface area contributed by atoms with Crippen LogP contribution in [0.1, 0.15) is 44.2 Å². The number of hydrogen-bond donors (Lipinski definition) is 13. The van der Waals surface area contributed by atoms with Crippen molar-refractivity contribution in [2.45, 2.75) is 94.3 Å². The van der Waals surface area contributed by atoms with Crippen LogP contribution in [-0.4, -0.2) is 152 Å². The molecule has 0 fully saturated rings. The Hall–Kier alpha value is -6.30. The predicted octanol–water partition coefficient (Wildman–Crippen LogP) is -3.37. The number of carbonyl (C=O) groups excluding carboxylic acids is 7. The van der Waals surface area contributed by atoms with E-state index in [1.807, 2.05) is 5.32 Å². The molecular weight excluding hydrogens is 849 g/mol. The number of amides is 7. The second-order valence-corrected chi connectivity index (χ2v) is 15.4. The van der Waals surface area contributed by atoms with Gasteiger partial charge in [0.2, 0.25) is 41.4 Å². The van der Waals surface area contributed by atoms with Gasteiger partial charge in [-0.05, 0) is 68.4 Å². The molecule has 2 aromatic rings. The number of nitrogens with one attached hydrogen (secondary N) is 7. The Morgan fingerprint density at radius 1 is 0.651 bits per heavy atom. The Balaban J connectivity index is 2.14. The van der Waals surface area contributed by atoms with Crippen LogP contribution in [0.4, 0.5) is 0 Å². The van der Waals surface area contributed by atoms with Crippen molar-refractivity contribution in [2.75, 3.05) is 25.2 Å². The maximum absolute atomic E-state index is 13.8. The van der Waals surface area contributed by atoms with E-state index in [2.05, 4.69) is 31.9 Å². The van der Waals surface area contributed by atoms with Crippen molar-refractivity contribution in [1.82, 2.24) is 37.2 Å². The van der Waals surface area contributed by atoms with E-state index in [9.17, 15) is 63.6 Å². The number of benzene rings is 2. The van der Waals surface area contributed by atoms with Gasteiger partial charge in [0.15, 0.2) is 0 Å². The van der Waals surface area contributed by atoms with Gasteiger partial charge in [-0.25, -0.2) is 4.79 Å². The normalized spacial score (nSPS) is 14.7. The zero-order valence-corrected chi connectivity index (χ0v) is 35.7. The fraction of sp³-hybridized carbons (Fsp3) is 0.475. The topological polar surface area (TPSA) is 365 Å². The van der Waals surface area contributed by atoms with Crippen molar-refractivity contribution in [2.24, 2.45) is 5.73 Å². The van der Waals surface area contributed by atoms with Crippen molar-refractivity contribution < 1.29 is 68.7 Å². The van der Waals surface area contributed by atoms with E-state index < -0.39 is 128 Å². The van der Waals surface area contributed by atoms with Gasteiger partial charge in [0.25, 0.3) is 0 Å². The van der Waals surface area contributed by atoms with Crippen molar-refractivity contribution >= 4 is 65.1 Å². The highest BCUT2D eigenvalue weighted by atomic mass is 32.2. The van der Waals surface area contributed by atoms with E-state index in [1.165, 1.54) is 30.8 Å². The van der Waals surface area contributed by atoms with E-state index in [0.29, 0.717) is 16.9 Å². The summed E-state index contributed by atoms with van der Waals surface area (Å²) >= 11 is 1.31. The monoisotopic (exact) mass is 904 g/mol. The Bertz CT molecular complexity index is 1890. The van der Waals surface area contributed by atoms with Crippen LogP contribution in [0.25, 0.3) is 0 Å². The summed E-state index contributed by atoms with van der Waals surface area (Å²) in [5.74, 6) is -8.92. The van der Waals surface area contributed by atoms with Gasteiger partial charge < -0.3 is 68.5 Å². The van der Waals surface area contributed by atoms with Crippen LogP contribution in [0.15, 0.2) is 54.6 Å². The Labute approximate surface area is 366 Å². The molecule has 2 aromatic carbocycles. The zero-order chi connectivity index (χ0) is 47.2. The van der Waals surface area contributed by atoms with Crippen LogP contribution in [0, 0.1) is 0 Å². The molecular formula is C40H56N8O14S. The molecule has 7 amide bonds. The van der Waals surface area contributed by atoms with E-state index >= 15 is 0 Å². The van der Waals surface area contributed by atoms with E-state index in [4.69, 9.17) is 10.8 Å². The smallest absolute Gasteiger partial charge is 0.326 e.